The number of hydrogen-bond acceptors (Lipinski definition) is 8. The van der Waals surface area contributed by atoms with Gasteiger partial charge in [0.1, 0.15) is 17.0 Å². The number of aliphatic carboxylic acids is 1. The third-order valence-corrected chi connectivity index (χ3v) is 11.3. The van der Waals surface area contributed by atoms with Crippen LogP contribution in [0.4, 0.5) is 0 Å². The number of piperidine rings is 3. The molecule has 3 aromatic carbocycles. The molecule has 4 aliphatic rings. The smallest absolute Gasteiger partial charge is 0.328 e. The summed E-state index contributed by atoms with van der Waals surface area (Å²) in [4.78, 5) is 30.2. The molecule has 3 fully saturated rings. The zero-order chi connectivity index (χ0) is 34.7. The van der Waals surface area contributed by atoms with Gasteiger partial charge in [0.25, 0.3) is 0 Å². The van der Waals surface area contributed by atoms with Crippen LogP contribution in [0.15, 0.2) is 77.6 Å². The third-order valence-electron chi connectivity index (χ3n) is 11.3. The van der Waals surface area contributed by atoms with Gasteiger partial charge in [-0.2, -0.15) is 0 Å². The summed E-state index contributed by atoms with van der Waals surface area (Å²) in [5, 5.41) is 39.3. The number of H-pyrrole nitrogens is 1. The SMILES string of the molecule is O=C(O)[C@]1(NCc2cccc(OCCCCCNCC(O)c3ccc(O)c4[nH]c(=O)ccc34)c2)c2ccccc2CC1C1CN2CCC1CC2. The summed E-state index contributed by atoms with van der Waals surface area (Å²) in [6.45, 7) is 5.35. The Morgan fingerprint density at radius 3 is 2.66 bits per heavy atom. The third kappa shape index (κ3) is 6.90. The van der Waals surface area contributed by atoms with E-state index in [4.69, 9.17) is 4.74 Å². The van der Waals surface area contributed by atoms with Gasteiger partial charge in [0.2, 0.25) is 5.56 Å². The Morgan fingerprint density at radius 2 is 1.86 bits per heavy atom. The number of fused-ring (bicyclic) bond motifs is 5. The number of aromatic amines is 1. The van der Waals surface area contributed by atoms with Crippen LogP contribution < -0.4 is 20.9 Å². The first-order valence-corrected chi connectivity index (χ1v) is 18.1. The lowest BCUT2D eigenvalue weighted by molar-refractivity contribution is -0.150. The number of aromatic nitrogens is 1. The van der Waals surface area contributed by atoms with E-state index in [1.165, 1.54) is 12.1 Å². The van der Waals surface area contributed by atoms with Crippen molar-refractivity contribution in [1.82, 2.24) is 20.5 Å². The van der Waals surface area contributed by atoms with Gasteiger partial charge in [-0.05, 0) is 117 Å². The predicted molar refractivity (Wildman–Crippen MR) is 192 cm³/mol. The number of nitrogens with zero attached hydrogens (tertiary/aromatic N) is 1. The number of aliphatic hydroxyl groups excluding tert-OH is 1. The number of nitrogens with one attached hydrogen (secondary N) is 3. The van der Waals surface area contributed by atoms with Gasteiger partial charge in [-0.15, -0.1) is 0 Å². The summed E-state index contributed by atoms with van der Waals surface area (Å²) in [5.74, 6) is 0.907. The Kier molecular flexibility index (Phi) is 10.2. The predicted octanol–water partition coefficient (Wildman–Crippen LogP) is 4.69. The fraction of sp³-hybridized carbons (Fsp3) is 0.450. The first kappa shape index (κ1) is 34.2. The highest BCUT2D eigenvalue weighted by Crippen LogP contribution is 2.50. The lowest BCUT2D eigenvalue weighted by atomic mass is 9.66. The minimum atomic E-state index is -1.13. The van der Waals surface area contributed by atoms with Crippen LogP contribution in [0.2, 0.25) is 0 Å². The van der Waals surface area contributed by atoms with Gasteiger partial charge in [-0.3, -0.25) is 10.1 Å². The van der Waals surface area contributed by atoms with Crippen LogP contribution in [0.3, 0.4) is 0 Å². The van der Waals surface area contributed by atoms with E-state index < -0.39 is 17.6 Å². The molecular formula is C40H48N4O6. The highest BCUT2D eigenvalue weighted by molar-refractivity contribution is 5.87. The second-order valence-corrected chi connectivity index (χ2v) is 14.3. The molecule has 50 heavy (non-hydrogen) atoms. The number of carbonyl (C=O) groups is 1. The van der Waals surface area contributed by atoms with Crippen molar-refractivity contribution in [3.8, 4) is 11.5 Å². The van der Waals surface area contributed by atoms with E-state index in [1.807, 2.05) is 42.5 Å². The molecule has 2 bridgehead atoms. The van der Waals surface area contributed by atoms with Crippen molar-refractivity contribution in [2.24, 2.45) is 17.8 Å². The number of benzene rings is 3. The Bertz CT molecular complexity index is 1870. The van der Waals surface area contributed by atoms with Crippen LogP contribution in [0.25, 0.3) is 10.9 Å². The first-order chi connectivity index (χ1) is 24.3. The van der Waals surface area contributed by atoms with E-state index in [0.29, 0.717) is 48.0 Å². The number of hydrogen-bond donors (Lipinski definition) is 6. The normalized spacial score (nSPS) is 24.7. The Balaban J connectivity index is 0.891. The van der Waals surface area contributed by atoms with Gasteiger partial charge in [0, 0.05) is 37.0 Å². The summed E-state index contributed by atoms with van der Waals surface area (Å²) in [6.07, 6.45) is 5.09. The van der Waals surface area contributed by atoms with Crippen LogP contribution in [0, 0.1) is 17.8 Å². The van der Waals surface area contributed by atoms with Crippen molar-refractivity contribution < 1.29 is 24.9 Å². The topological polar surface area (TPSA) is 147 Å². The monoisotopic (exact) mass is 680 g/mol. The quantitative estimate of drug-likeness (QED) is 0.0985. The summed E-state index contributed by atoms with van der Waals surface area (Å²) in [5.41, 5.74) is 2.60. The molecule has 10 heteroatoms. The van der Waals surface area contributed by atoms with Crippen LogP contribution in [-0.4, -0.2) is 70.5 Å². The molecule has 0 amide bonds. The van der Waals surface area contributed by atoms with Crippen molar-refractivity contribution in [1.29, 1.82) is 0 Å². The molecule has 3 unspecified atom stereocenters. The molecule has 264 valence electrons. The number of unbranched alkanes of at least 4 members (excludes halogenated alkanes) is 2. The maximum absolute atomic E-state index is 13.3. The molecule has 4 aromatic rings. The van der Waals surface area contributed by atoms with Gasteiger partial charge in [-0.25, -0.2) is 4.79 Å². The average molecular weight is 681 g/mol. The van der Waals surface area contributed by atoms with Crippen LogP contribution in [0.1, 0.15) is 60.5 Å². The number of aromatic hydroxyl groups is 1. The van der Waals surface area contributed by atoms with Gasteiger partial charge in [-0.1, -0.05) is 42.5 Å². The van der Waals surface area contributed by atoms with Gasteiger partial charge in [0.05, 0.1) is 18.2 Å². The molecule has 1 aromatic heterocycles. The van der Waals surface area contributed by atoms with Crippen LogP contribution >= 0.6 is 0 Å². The minimum absolute atomic E-state index is 0.00204. The van der Waals surface area contributed by atoms with E-state index in [0.717, 1.165) is 87.1 Å². The first-order valence-electron chi connectivity index (χ1n) is 18.1. The Labute approximate surface area is 292 Å². The van der Waals surface area contributed by atoms with E-state index in [-0.39, 0.29) is 17.2 Å². The van der Waals surface area contributed by atoms with Crippen molar-refractivity contribution in [3.05, 3.63) is 105 Å². The lowest BCUT2D eigenvalue weighted by Gasteiger charge is -2.50. The van der Waals surface area contributed by atoms with Crippen molar-refractivity contribution in [2.45, 2.75) is 56.7 Å². The van der Waals surface area contributed by atoms with Crippen LogP contribution in [-0.2, 0) is 23.3 Å². The fourth-order valence-electron chi connectivity index (χ4n) is 8.79. The van der Waals surface area contributed by atoms with Crippen molar-refractivity contribution >= 4 is 16.9 Å². The second kappa shape index (κ2) is 14.9. The number of pyridine rings is 1. The van der Waals surface area contributed by atoms with E-state index in [2.05, 4.69) is 26.6 Å². The molecule has 4 heterocycles. The number of phenolic OH excluding ortho intramolecular Hbond substituents is 1. The van der Waals surface area contributed by atoms with Crippen LogP contribution in [0.5, 0.6) is 11.5 Å². The average Bonchev–Trinajstić information content (AvgIpc) is 3.48. The number of carboxylic acid groups (broad SMARTS) is 1. The Hall–Kier alpha value is -4.22. The summed E-state index contributed by atoms with van der Waals surface area (Å²) >= 11 is 0. The fourth-order valence-corrected chi connectivity index (χ4v) is 8.79. The highest BCUT2D eigenvalue weighted by Gasteiger charge is 2.57. The zero-order valence-electron chi connectivity index (χ0n) is 28.4. The molecule has 4 atom stereocenters. The molecular weight excluding hydrogens is 632 g/mol. The van der Waals surface area contributed by atoms with E-state index in [1.54, 1.807) is 12.1 Å². The van der Waals surface area contributed by atoms with Gasteiger partial charge < -0.3 is 35.3 Å². The molecule has 0 saturated carbocycles. The number of phenols is 1. The van der Waals surface area contributed by atoms with E-state index >= 15 is 0 Å². The summed E-state index contributed by atoms with van der Waals surface area (Å²) in [6, 6.07) is 22.2. The number of ether oxygens (including phenoxy) is 1. The van der Waals surface area contributed by atoms with Crippen molar-refractivity contribution in [2.75, 3.05) is 39.3 Å². The standard InChI is InChI=1S/C40H48N4O6/c45-35-13-11-30(31-12-14-37(47)43-38(31)35)36(46)24-41-17-4-1-5-20-50-29-9-6-7-26(21-29)23-42-40(39(48)49)33-10-3-2-8-28(33)22-34(40)32-25-44-18-15-27(32)16-19-44/h2-3,6-14,21,27,32,34,36,41-42,45-46H,1,4-5,15-20,22-25H2,(H,43,47)(H,48,49)/t32?,34?,36?,40-/m0/s1. The molecule has 6 N–H and O–H groups in total. The molecule has 8 rings (SSSR count). The molecule has 3 aliphatic heterocycles. The number of carboxylic acids is 1. The lowest BCUT2D eigenvalue weighted by Crippen LogP contribution is -2.59. The van der Waals surface area contributed by atoms with Gasteiger partial charge >= 0.3 is 5.97 Å². The Morgan fingerprint density at radius 1 is 1.02 bits per heavy atom. The number of aliphatic hydroxyl groups is 1. The van der Waals surface area contributed by atoms with Gasteiger partial charge in [0.15, 0.2) is 0 Å². The minimum Gasteiger partial charge on any atom is -0.506 e. The highest BCUT2D eigenvalue weighted by atomic mass is 16.5. The number of rotatable bonds is 15. The second-order valence-electron chi connectivity index (χ2n) is 14.3. The molecule has 3 saturated heterocycles. The summed E-state index contributed by atoms with van der Waals surface area (Å²) in [7, 11) is 0. The maximum atomic E-state index is 13.3. The van der Waals surface area contributed by atoms with E-state index in [9.17, 15) is 24.9 Å². The van der Waals surface area contributed by atoms with Crippen molar-refractivity contribution in [3.63, 3.8) is 0 Å². The maximum Gasteiger partial charge on any atom is 0.328 e. The largest absolute Gasteiger partial charge is 0.506 e. The molecule has 0 spiro atoms. The molecule has 10 nitrogen and oxygen atoms in total. The summed E-state index contributed by atoms with van der Waals surface area (Å²) < 4.78 is 6.10. The molecule has 0 radical (unpaired) electrons. The molecule has 1 aliphatic carbocycles. The zero-order valence-corrected chi connectivity index (χ0v) is 28.4.